The predicted molar refractivity (Wildman–Crippen MR) is 83.6 cm³/mol. The Hall–Kier alpha value is -1.64. The number of nitrogens with zero attached hydrogens (tertiary/aromatic N) is 1. The molecule has 1 N–H and O–H groups in total. The Bertz CT molecular complexity index is 533. The molecule has 1 saturated heterocycles. The van der Waals surface area contributed by atoms with Gasteiger partial charge in [0.15, 0.2) is 0 Å². The van der Waals surface area contributed by atoms with Crippen LogP contribution in [0.25, 0.3) is 0 Å². The van der Waals surface area contributed by atoms with E-state index in [-0.39, 0.29) is 0 Å². The average molecular weight is 266 g/mol. The molecular formula is C18H22N2. The van der Waals surface area contributed by atoms with E-state index in [9.17, 15) is 0 Å². The molecule has 0 saturated carbocycles. The Kier molecular flexibility index (Phi) is 4.14. The van der Waals surface area contributed by atoms with Crippen molar-refractivity contribution in [2.24, 2.45) is 0 Å². The van der Waals surface area contributed by atoms with E-state index in [1.54, 1.807) is 0 Å². The minimum absolute atomic E-state index is 0.452. The standard InChI is InChI=1S/C18H22N2/c1-15-7-9-17(10-8-15)18-14-20(12-11-19-18)13-16-5-3-2-4-6-16/h2-10,18-19H,11-14H2,1H3/t18-/m1/s1. The average Bonchev–Trinajstić information content (AvgIpc) is 2.49. The molecule has 2 aromatic carbocycles. The Balaban J connectivity index is 1.66. The second-order valence-electron chi connectivity index (χ2n) is 5.64. The normalized spacial score (nSPS) is 19.9. The first-order valence-electron chi connectivity index (χ1n) is 7.37. The number of hydrogen-bond donors (Lipinski definition) is 1. The van der Waals surface area contributed by atoms with Crippen LogP contribution in [-0.4, -0.2) is 24.5 Å². The van der Waals surface area contributed by atoms with Gasteiger partial charge in [0.05, 0.1) is 0 Å². The molecular weight excluding hydrogens is 244 g/mol. The SMILES string of the molecule is Cc1ccc([C@H]2CN(Cc3ccccc3)CCN2)cc1. The van der Waals surface area contributed by atoms with Crippen molar-refractivity contribution >= 4 is 0 Å². The minimum atomic E-state index is 0.452. The van der Waals surface area contributed by atoms with Crippen LogP contribution in [-0.2, 0) is 6.54 Å². The van der Waals surface area contributed by atoms with Gasteiger partial charge in [0.2, 0.25) is 0 Å². The summed E-state index contributed by atoms with van der Waals surface area (Å²) in [6, 6.07) is 20.1. The molecule has 0 aromatic heterocycles. The van der Waals surface area contributed by atoms with Crippen molar-refractivity contribution < 1.29 is 0 Å². The van der Waals surface area contributed by atoms with Crippen molar-refractivity contribution in [1.82, 2.24) is 10.2 Å². The predicted octanol–water partition coefficient (Wildman–Crippen LogP) is 3.14. The van der Waals surface area contributed by atoms with E-state index in [0.29, 0.717) is 6.04 Å². The van der Waals surface area contributed by atoms with Gasteiger partial charge in [-0.15, -0.1) is 0 Å². The van der Waals surface area contributed by atoms with Gasteiger partial charge in [0.1, 0.15) is 0 Å². The number of hydrogen-bond acceptors (Lipinski definition) is 2. The summed E-state index contributed by atoms with van der Waals surface area (Å²) < 4.78 is 0. The molecule has 20 heavy (non-hydrogen) atoms. The molecule has 104 valence electrons. The number of piperazine rings is 1. The van der Waals surface area contributed by atoms with Gasteiger partial charge in [0, 0.05) is 32.2 Å². The Morgan fingerprint density at radius 1 is 1.05 bits per heavy atom. The first-order chi connectivity index (χ1) is 9.81. The van der Waals surface area contributed by atoms with Crippen LogP contribution in [0, 0.1) is 6.92 Å². The molecule has 0 bridgehead atoms. The molecule has 2 nitrogen and oxygen atoms in total. The van der Waals surface area contributed by atoms with E-state index in [2.05, 4.69) is 71.7 Å². The molecule has 1 fully saturated rings. The molecule has 0 aliphatic carbocycles. The van der Waals surface area contributed by atoms with Gasteiger partial charge in [0.25, 0.3) is 0 Å². The summed E-state index contributed by atoms with van der Waals surface area (Å²) in [6.45, 7) is 6.45. The third-order valence-electron chi connectivity index (χ3n) is 3.99. The molecule has 1 heterocycles. The van der Waals surface area contributed by atoms with Crippen molar-refractivity contribution in [2.45, 2.75) is 19.5 Å². The number of aryl methyl sites for hydroxylation is 1. The Labute approximate surface area is 121 Å². The molecule has 2 aromatic rings. The van der Waals surface area contributed by atoms with Gasteiger partial charge in [-0.05, 0) is 18.1 Å². The third-order valence-corrected chi connectivity index (χ3v) is 3.99. The fraction of sp³-hybridized carbons (Fsp3) is 0.333. The van der Waals surface area contributed by atoms with Crippen LogP contribution >= 0.6 is 0 Å². The fourth-order valence-corrected chi connectivity index (χ4v) is 2.82. The van der Waals surface area contributed by atoms with Gasteiger partial charge in [-0.25, -0.2) is 0 Å². The van der Waals surface area contributed by atoms with E-state index in [4.69, 9.17) is 0 Å². The Morgan fingerprint density at radius 3 is 2.55 bits per heavy atom. The Morgan fingerprint density at radius 2 is 1.80 bits per heavy atom. The summed E-state index contributed by atoms with van der Waals surface area (Å²) in [5, 5.41) is 3.63. The van der Waals surface area contributed by atoms with Gasteiger partial charge < -0.3 is 5.32 Å². The van der Waals surface area contributed by atoms with Crippen LogP contribution < -0.4 is 5.32 Å². The van der Waals surface area contributed by atoms with Crippen LogP contribution in [0.5, 0.6) is 0 Å². The molecule has 0 spiro atoms. The summed E-state index contributed by atoms with van der Waals surface area (Å²) in [4.78, 5) is 2.54. The van der Waals surface area contributed by atoms with Crippen LogP contribution in [0.1, 0.15) is 22.7 Å². The zero-order chi connectivity index (χ0) is 13.8. The van der Waals surface area contributed by atoms with E-state index in [0.717, 1.165) is 26.2 Å². The topological polar surface area (TPSA) is 15.3 Å². The maximum Gasteiger partial charge on any atom is 0.0449 e. The summed E-state index contributed by atoms with van der Waals surface area (Å²) in [5.74, 6) is 0. The monoisotopic (exact) mass is 266 g/mol. The maximum atomic E-state index is 3.63. The first-order valence-corrected chi connectivity index (χ1v) is 7.37. The van der Waals surface area contributed by atoms with E-state index < -0.39 is 0 Å². The first kappa shape index (κ1) is 13.3. The minimum Gasteiger partial charge on any atom is -0.308 e. The van der Waals surface area contributed by atoms with Gasteiger partial charge >= 0.3 is 0 Å². The lowest BCUT2D eigenvalue weighted by atomic mass is 10.0. The summed E-state index contributed by atoms with van der Waals surface area (Å²) in [7, 11) is 0. The van der Waals surface area contributed by atoms with E-state index in [1.807, 2.05) is 0 Å². The maximum absolute atomic E-state index is 3.63. The quantitative estimate of drug-likeness (QED) is 0.918. The van der Waals surface area contributed by atoms with Gasteiger partial charge in [-0.1, -0.05) is 60.2 Å². The third kappa shape index (κ3) is 3.27. The van der Waals surface area contributed by atoms with Crippen molar-refractivity contribution in [3.63, 3.8) is 0 Å². The number of benzene rings is 2. The lowest BCUT2D eigenvalue weighted by molar-refractivity contribution is 0.193. The highest BCUT2D eigenvalue weighted by Crippen LogP contribution is 2.19. The molecule has 0 unspecified atom stereocenters. The lowest BCUT2D eigenvalue weighted by Crippen LogP contribution is -2.45. The fourth-order valence-electron chi connectivity index (χ4n) is 2.82. The summed E-state index contributed by atoms with van der Waals surface area (Å²) >= 11 is 0. The van der Waals surface area contributed by atoms with E-state index >= 15 is 0 Å². The number of nitrogens with one attached hydrogen (secondary N) is 1. The van der Waals surface area contributed by atoms with Crippen molar-refractivity contribution in [3.05, 3.63) is 71.3 Å². The van der Waals surface area contributed by atoms with Crippen LogP contribution in [0.3, 0.4) is 0 Å². The molecule has 2 heteroatoms. The van der Waals surface area contributed by atoms with Crippen LogP contribution in [0.2, 0.25) is 0 Å². The largest absolute Gasteiger partial charge is 0.308 e. The summed E-state index contributed by atoms with van der Waals surface area (Å²) in [6.07, 6.45) is 0. The zero-order valence-corrected chi connectivity index (χ0v) is 12.0. The molecule has 3 rings (SSSR count). The molecule has 0 radical (unpaired) electrons. The molecule has 1 aliphatic rings. The smallest absolute Gasteiger partial charge is 0.0449 e. The van der Waals surface area contributed by atoms with E-state index in [1.165, 1.54) is 16.7 Å². The van der Waals surface area contributed by atoms with Crippen molar-refractivity contribution in [1.29, 1.82) is 0 Å². The van der Waals surface area contributed by atoms with Crippen molar-refractivity contribution in [3.8, 4) is 0 Å². The highest BCUT2D eigenvalue weighted by molar-refractivity contribution is 5.25. The molecule has 1 atom stereocenters. The highest BCUT2D eigenvalue weighted by Gasteiger charge is 2.20. The van der Waals surface area contributed by atoms with Crippen LogP contribution in [0.15, 0.2) is 54.6 Å². The zero-order valence-electron chi connectivity index (χ0n) is 12.0. The second-order valence-corrected chi connectivity index (χ2v) is 5.64. The molecule has 0 amide bonds. The van der Waals surface area contributed by atoms with Gasteiger partial charge in [-0.3, -0.25) is 4.90 Å². The second kappa shape index (κ2) is 6.21. The van der Waals surface area contributed by atoms with Crippen LogP contribution in [0.4, 0.5) is 0 Å². The molecule has 1 aliphatic heterocycles. The van der Waals surface area contributed by atoms with Crippen molar-refractivity contribution in [2.75, 3.05) is 19.6 Å². The highest BCUT2D eigenvalue weighted by atomic mass is 15.2. The summed E-state index contributed by atoms with van der Waals surface area (Å²) in [5.41, 5.74) is 4.12. The van der Waals surface area contributed by atoms with Gasteiger partial charge in [-0.2, -0.15) is 0 Å². The number of rotatable bonds is 3. The lowest BCUT2D eigenvalue weighted by Gasteiger charge is -2.34.